The number of nitrogens with zero attached hydrogens (tertiary/aromatic N) is 3. The highest BCUT2D eigenvalue weighted by atomic mass is 35.5. The summed E-state index contributed by atoms with van der Waals surface area (Å²) in [7, 11) is 3.01. The largest absolute Gasteiger partial charge is 0.483 e. The van der Waals surface area contributed by atoms with Crippen LogP contribution in [0.1, 0.15) is 34.5 Å². The van der Waals surface area contributed by atoms with Gasteiger partial charge in [0.15, 0.2) is 0 Å². The third-order valence-electron chi connectivity index (χ3n) is 4.99. The van der Waals surface area contributed by atoms with Crippen molar-refractivity contribution in [3.8, 4) is 0 Å². The van der Waals surface area contributed by atoms with Crippen LogP contribution in [0.15, 0.2) is 30.6 Å². The van der Waals surface area contributed by atoms with Crippen molar-refractivity contribution in [1.82, 2.24) is 14.9 Å². The fraction of sp³-hybridized carbons (Fsp3) is 0.400. The van der Waals surface area contributed by atoms with E-state index in [1.54, 1.807) is 19.2 Å². The number of nitrogens with one attached hydrogen (secondary N) is 1. The molecular formula is C20H22ClF3N4O4. The van der Waals surface area contributed by atoms with Gasteiger partial charge in [0.2, 0.25) is 0 Å². The molecule has 32 heavy (non-hydrogen) atoms. The lowest BCUT2D eigenvalue weighted by molar-refractivity contribution is -0.144. The molecule has 3 rings (SSSR count). The van der Waals surface area contributed by atoms with E-state index >= 15 is 0 Å². The Morgan fingerprint density at radius 1 is 1.38 bits per heavy atom. The van der Waals surface area contributed by atoms with Crippen LogP contribution in [0.25, 0.3) is 0 Å². The number of ether oxygens (including phenoxy) is 1. The Hall–Kier alpha value is -2.92. The van der Waals surface area contributed by atoms with Crippen molar-refractivity contribution in [1.29, 1.82) is 0 Å². The van der Waals surface area contributed by atoms with E-state index in [2.05, 4.69) is 15.3 Å². The van der Waals surface area contributed by atoms with Gasteiger partial charge >= 0.3 is 6.18 Å². The van der Waals surface area contributed by atoms with Gasteiger partial charge in [0, 0.05) is 38.7 Å². The molecule has 1 fully saturated rings. The van der Waals surface area contributed by atoms with Crippen molar-refractivity contribution in [3.63, 3.8) is 0 Å². The molecule has 1 unspecified atom stereocenters. The Morgan fingerprint density at radius 3 is 2.66 bits per heavy atom. The van der Waals surface area contributed by atoms with Gasteiger partial charge in [0.25, 0.3) is 12.4 Å². The van der Waals surface area contributed by atoms with Crippen LogP contribution in [0.4, 0.5) is 19.0 Å². The normalized spacial score (nSPS) is 18.4. The average Bonchev–Trinajstić information content (AvgIpc) is 2.78. The molecule has 2 N–H and O–H groups in total. The van der Waals surface area contributed by atoms with Gasteiger partial charge in [-0.05, 0) is 31.0 Å². The van der Waals surface area contributed by atoms with Gasteiger partial charge in [-0.1, -0.05) is 11.6 Å². The third-order valence-corrected chi connectivity index (χ3v) is 5.19. The summed E-state index contributed by atoms with van der Waals surface area (Å²) in [5.74, 6) is 0.206. The Bertz CT molecular complexity index is 961. The molecule has 1 aliphatic heterocycles. The predicted molar refractivity (Wildman–Crippen MR) is 111 cm³/mol. The number of hydrogen-bond donors (Lipinski definition) is 2. The number of halogens is 4. The second-order valence-corrected chi connectivity index (χ2v) is 7.30. The number of alkyl halides is 3. The fourth-order valence-electron chi connectivity index (χ4n) is 3.55. The van der Waals surface area contributed by atoms with Crippen molar-refractivity contribution in [3.05, 3.63) is 52.4 Å². The summed E-state index contributed by atoms with van der Waals surface area (Å²) in [5, 5.41) is 9.62. The first-order chi connectivity index (χ1) is 15.1. The van der Waals surface area contributed by atoms with Crippen LogP contribution in [0.2, 0.25) is 5.02 Å². The lowest BCUT2D eigenvalue weighted by Crippen LogP contribution is -2.50. The molecule has 2 aromatic heterocycles. The predicted octanol–water partition coefficient (Wildman–Crippen LogP) is 3.67. The van der Waals surface area contributed by atoms with E-state index in [1.165, 1.54) is 18.2 Å². The highest BCUT2D eigenvalue weighted by Crippen LogP contribution is 2.42. The summed E-state index contributed by atoms with van der Waals surface area (Å²) in [6.45, 7) is 0.0906. The number of carboxylic acid groups (broad SMARTS) is 1. The molecule has 3 heterocycles. The van der Waals surface area contributed by atoms with Crippen molar-refractivity contribution < 1.29 is 32.6 Å². The zero-order valence-corrected chi connectivity index (χ0v) is 18.1. The van der Waals surface area contributed by atoms with E-state index in [1.807, 2.05) is 0 Å². The van der Waals surface area contributed by atoms with Crippen molar-refractivity contribution >= 4 is 29.8 Å². The second kappa shape index (κ2) is 10.6. The number of pyridine rings is 2. The van der Waals surface area contributed by atoms with Crippen LogP contribution >= 0.6 is 11.6 Å². The van der Waals surface area contributed by atoms with Gasteiger partial charge in [-0.3, -0.25) is 14.6 Å². The molecule has 0 aliphatic carbocycles. The molecule has 0 spiro atoms. The number of aromatic nitrogens is 2. The van der Waals surface area contributed by atoms with Crippen LogP contribution in [0.3, 0.4) is 0 Å². The summed E-state index contributed by atoms with van der Waals surface area (Å²) < 4.78 is 46.5. The molecule has 12 heteroatoms. The minimum Gasteiger partial charge on any atom is -0.483 e. The molecule has 2 aromatic rings. The van der Waals surface area contributed by atoms with Crippen LogP contribution in [0, 0.1) is 0 Å². The van der Waals surface area contributed by atoms with E-state index in [0.29, 0.717) is 30.8 Å². The van der Waals surface area contributed by atoms with E-state index in [-0.39, 0.29) is 29.6 Å². The van der Waals surface area contributed by atoms with Crippen LogP contribution < -0.4 is 5.32 Å². The first kappa shape index (κ1) is 25.3. The Kier molecular flexibility index (Phi) is 8.39. The molecule has 1 amide bonds. The van der Waals surface area contributed by atoms with Crippen LogP contribution in [-0.4, -0.2) is 59.6 Å². The number of carbonyl (C=O) groups is 2. The van der Waals surface area contributed by atoms with Gasteiger partial charge < -0.3 is 20.1 Å². The van der Waals surface area contributed by atoms with Gasteiger partial charge in [-0.2, -0.15) is 13.2 Å². The summed E-state index contributed by atoms with van der Waals surface area (Å²) in [5.41, 5.74) is -2.22. The molecular weight excluding hydrogens is 453 g/mol. The first-order valence-corrected chi connectivity index (χ1v) is 9.79. The Balaban J connectivity index is 0.00000114. The maximum Gasteiger partial charge on any atom is 0.418 e. The first-order valence-electron chi connectivity index (χ1n) is 9.41. The van der Waals surface area contributed by atoms with E-state index in [0.717, 1.165) is 12.3 Å². The summed E-state index contributed by atoms with van der Waals surface area (Å²) in [6.07, 6.45) is -1.24. The van der Waals surface area contributed by atoms with Gasteiger partial charge in [-0.15, -0.1) is 0 Å². The maximum atomic E-state index is 13.6. The van der Waals surface area contributed by atoms with Crippen LogP contribution in [-0.2, 0) is 21.3 Å². The molecule has 0 bridgehead atoms. The quantitative estimate of drug-likeness (QED) is 0.651. The zero-order chi connectivity index (χ0) is 23.9. The van der Waals surface area contributed by atoms with E-state index in [9.17, 15) is 18.0 Å². The number of methoxy groups -OCH3 is 1. The zero-order valence-electron chi connectivity index (χ0n) is 17.3. The monoisotopic (exact) mass is 474 g/mol. The average molecular weight is 475 g/mol. The molecule has 1 aliphatic rings. The summed E-state index contributed by atoms with van der Waals surface area (Å²) in [6, 6.07) is 3.99. The van der Waals surface area contributed by atoms with Crippen molar-refractivity contribution in [2.24, 2.45) is 0 Å². The van der Waals surface area contributed by atoms with Crippen molar-refractivity contribution in [2.45, 2.75) is 24.6 Å². The number of likely N-dealkylation sites (tertiary alicyclic amines) is 1. The fourth-order valence-corrected chi connectivity index (χ4v) is 3.71. The third kappa shape index (κ3) is 5.65. The lowest BCUT2D eigenvalue weighted by Gasteiger charge is -2.42. The highest BCUT2D eigenvalue weighted by molar-refractivity contribution is 6.30. The van der Waals surface area contributed by atoms with E-state index in [4.69, 9.17) is 26.2 Å². The number of rotatable bonds is 4. The maximum absolute atomic E-state index is 13.6. The molecule has 0 aromatic carbocycles. The summed E-state index contributed by atoms with van der Waals surface area (Å²) in [4.78, 5) is 30.9. The lowest BCUT2D eigenvalue weighted by atomic mass is 9.86. The van der Waals surface area contributed by atoms with Gasteiger partial charge in [0.1, 0.15) is 11.4 Å². The minimum atomic E-state index is -4.65. The number of carbonyl (C=O) groups excluding carboxylic acids is 1. The molecule has 1 saturated heterocycles. The Labute approximate surface area is 187 Å². The number of piperidine rings is 1. The van der Waals surface area contributed by atoms with Crippen molar-refractivity contribution in [2.75, 3.05) is 32.6 Å². The number of anilines is 1. The van der Waals surface area contributed by atoms with Crippen LogP contribution in [0.5, 0.6) is 0 Å². The smallest absolute Gasteiger partial charge is 0.418 e. The molecule has 8 nitrogen and oxygen atoms in total. The van der Waals surface area contributed by atoms with Gasteiger partial charge in [-0.25, -0.2) is 4.98 Å². The summed E-state index contributed by atoms with van der Waals surface area (Å²) >= 11 is 5.76. The highest BCUT2D eigenvalue weighted by Gasteiger charge is 2.46. The second-order valence-electron chi connectivity index (χ2n) is 6.86. The molecule has 0 saturated carbocycles. The van der Waals surface area contributed by atoms with E-state index < -0.39 is 17.3 Å². The number of amides is 1. The topological polar surface area (TPSA) is 105 Å². The SMILES string of the molecule is CNc1cc(C(=O)N2CCCC(OC)(c3ncc(Cl)cc3C(F)(F)F)C2)ccn1.O=CO. The minimum absolute atomic E-state index is 0.0583. The Morgan fingerprint density at radius 2 is 2.06 bits per heavy atom. The standard InChI is InChI=1S/C19H20ClF3N4O2.CH2O2/c1-24-15-8-12(4-6-25-15)17(28)27-7-3-5-18(11-27,29-2)16-14(19(21,22)23)9-13(20)10-26-16;2-1-3/h4,6,8-10H,3,5,7,11H2,1-2H3,(H,24,25);1H,(H,2,3). The molecule has 1 atom stereocenters. The molecule has 174 valence electrons. The molecule has 0 radical (unpaired) electrons. The number of hydrogen-bond acceptors (Lipinski definition) is 6. The van der Waals surface area contributed by atoms with Gasteiger partial charge in [0.05, 0.1) is 22.8 Å².